The third-order valence-corrected chi connectivity index (χ3v) is 6.12. The van der Waals surface area contributed by atoms with Crippen LogP contribution in [0.15, 0.2) is 75.0 Å². The maximum atomic E-state index is 13.3. The maximum Gasteiger partial charge on any atom is 0.315 e. The van der Waals surface area contributed by atoms with E-state index in [0.717, 1.165) is 4.47 Å². The predicted octanol–water partition coefficient (Wildman–Crippen LogP) is 5.49. The van der Waals surface area contributed by atoms with Gasteiger partial charge in [-0.1, -0.05) is 48.0 Å². The van der Waals surface area contributed by atoms with Crippen molar-refractivity contribution < 1.29 is 19.2 Å². The van der Waals surface area contributed by atoms with E-state index in [9.17, 15) is 19.7 Å². The van der Waals surface area contributed by atoms with E-state index in [1.165, 1.54) is 23.0 Å². The Kier molecular flexibility index (Phi) is 8.90. The van der Waals surface area contributed by atoms with Gasteiger partial charge in [0.15, 0.2) is 12.4 Å². The molecule has 206 valence electrons. The summed E-state index contributed by atoms with van der Waals surface area (Å²) in [6, 6.07) is 16.7. The Morgan fingerprint density at radius 2 is 1.93 bits per heavy atom. The minimum Gasteiger partial charge on any atom is -0.490 e. The largest absolute Gasteiger partial charge is 0.490 e. The Morgan fingerprint density at radius 3 is 2.60 bits per heavy atom. The number of para-hydroxylation sites is 1. The smallest absolute Gasteiger partial charge is 0.315 e. The van der Waals surface area contributed by atoms with Crippen LogP contribution in [0.25, 0.3) is 10.9 Å². The number of amides is 1. The van der Waals surface area contributed by atoms with Crippen LogP contribution in [0.4, 0.5) is 11.4 Å². The van der Waals surface area contributed by atoms with E-state index in [4.69, 9.17) is 9.47 Å². The van der Waals surface area contributed by atoms with Gasteiger partial charge in [-0.05, 0) is 43.3 Å². The highest BCUT2D eigenvalue weighted by molar-refractivity contribution is 9.10. The zero-order chi connectivity index (χ0) is 28.8. The maximum absolute atomic E-state index is 13.3. The van der Waals surface area contributed by atoms with Crippen molar-refractivity contribution in [3.05, 3.63) is 97.0 Å². The molecule has 11 nitrogen and oxygen atoms in total. The van der Waals surface area contributed by atoms with Crippen molar-refractivity contribution in [2.45, 2.75) is 26.7 Å². The zero-order valence-electron chi connectivity index (χ0n) is 22.0. The average Bonchev–Trinajstić information content (AvgIpc) is 2.92. The number of ether oxygens (including phenoxy) is 2. The molecule has 1 aromatic heterocycles. The summed E-state index contributed by atoms with van der Waals surface area (Å²) in [5.41, 5.74) is 0.586. The van der Waals surface area contributed by atoms with E-state index in [1.54, 1.807) is 49.4 Å². The minimum atomic E-state index is -0.634. The normalized spacial score (nSPS) is 11.2. The van der Waals surface area contributed by atoms with Gasteiger partial charge in [0, 0.05) is 27.7 Å². The molecule has 0 radical (unpaired) electrons. The molecule has 0 saturated heterocycles. The molecular formula is C28H26BrN5O6. The summed E-state index contributed by atoms with van der Waals surface area (Å²) in [5.74, 6) is -0.333. The second-order valence-corrected chi connectivity index (χ2v) is 9.82. The van der Waals surface area contributed by atoms with Crippen molar-refractivity contribution >= 4 is 50.3 Å². The molecule has 0 unspecified atom stereocenters. The topological polar surface area (TPSA) is 138 Å². The van der Waals surface area contributed by atoms with Gasteiger partial charge in [-0.2, -0.15) is 9.78 Å². The summed E-state index contributed by atoms with van der Waals surface area (Å²) in [7, 11) is 0. The second kappa shape index (κ2) is 12.5. The Hall–Kier alpha value is -4.58. The van der Waals surface area contributed by atoms with Crippen LogP contribution in [0.3, 0.4) is 0 Å². The summed E-state index contributed by atoms with van der Waals surface area (Å²) >= 11 is 3.37. The molecule has 0 bridgehead atoms. The average molecular weight is 608 g/mol. The third-order valence-electron chi connectivity index (χ3n) is 5.63. The predicted molar refractivity (Wildman–Crippen MR) is 156 cm³/mol. The molecule has 4 aromatic rings. The lowest BCUT2D eigenvalue weighted by Gasteiger charge is -2.14. The van der Waals surface area contributed by atoms with Crippen LogP contribution in [0.1, 0.15) is 38.1 Å². The van der Waals surface area contributed by atoms with Gasteiger partial charge in [0.05, 0.1) is 28.6 Å². The van der Waals surface area contributed by atoms with Crippen LogP contribution in [-0.2, 0) is 4.79 Å². The molecule has 40 heavy (non-hydrogen) atoms. The van der Waals surface area contributed by atoms with Crippen molar-refractivity contribution in [2.24, 2.45) is 5.10 Å². The van der Waals surface area contributed by atoms with Crippen molar-refractivity contribution in [3.63, 3.8) is 0 Å². The first-order valence-corrected chi connectivity index (χ1v) is 13.2. The summed E-state index contributed by atoms with van der Waals surface area (Å²) < 4.78 is 13.1. The molecule has 0 fully saturated rings. The molecule has 1 N–H and O–H groups in total. The molecule has 0 aliphatic rings. The number of rotatable bonds is 10. The van der Waals surface area contributed by atoms with Gasteiger partial charge < -0.3 is 14.8 Å². The Bertz CT molecular complexity index is 1650. The number of carbonyl (C=O) groups excluding carboxylic acids is 1. The summed E-state index contributed by atoms with van der Waals surface area (Å²) in [6.45, 7) is 5.19. The van der Waals surface area contributed by atoms with Crippen LogP contribution in [0.5, 0.6) is 11.5 Å². The lowest BCUT2D eigenvalue weighted by atomic mass is 10.1. The third kappa shape index (κ3) is 6.52. The molecular weight excluding hydrogens is 582 g/mol. The number of nitro groups is 1. The molecule has 0 aliphatic heterocycles. The van der Waals surface area contributed by atoms with Crippen molar-refractivity contribution in [1.82, 2.24) is 9.66 Å². The van der Waals surface area contributed by atoms with Crippen molar-refractivity contribution in [3.8, 4) is 11.5 Å². The van der Waals surface area contributed by atoms with Crippen LogP contribution < -0.4 is 20.3 Å². The van der Waals surface area contributed by atoms with Crippen molar-refractivity contribution in [2.75, 3.05) is 18.5 Å². The van der Waals surface area contributed by atoms with Gasteiger partial charge in [-0.15, -0.1) is 0 Å². The van der Waals surface area contributed by atoms with Crippen LogP contribution in [0.2, 0.25) is 0 Å². The van der Waals surface area contributed by atoms with E-state index in [1.807, 2.05) is 19.9 Å². The summed E-state index contributed by atoms with van der Waals surface area (Å²) in [4.78, 5) is 41.6. The van der Waals surface area contributed by atoms with E-state index in [2.05, 4.69) is 31.3 Å². The van der Waals surface area contributed by atoms with Gasteiger partial charge >= 0.3 is 5.69 Å². The molecule has 0 aliphatic carbocycles. The highest BCUT2D eigenvalue weighted by Crippen LogP contribution is 2.38. The van der Waals surface area contributed by atoms with Gasteiger partial charge in [-0.3, -0.25) is 19.7 Å². The number of nitrogens with one attached hydrogen (secondary N) is 1. The number of aromatic nitrogens is 2. The number of anilines is 1. The first-order chi connectivity index (χ1) is 19.2. The van der Waals surface area contributed by atoms with Gasteiger partial charge in [0.2, 0.25) is 5.75 Å². The first-order valence-electron chi connectivity index (χ1n) is 12.4. The highest BCUT2D eigenvalue weighted by atomic mass is 79.9. The first kappa shape index (κ1) is 28.4. The van der Waals surface area contributed by atoms with E-state index in [0.29, 0.717) is 22.4 Å². The fourth-order valence-electron chi connectivity index (χ4n) is 3.86. The zero-order valence-corrected chi connectivity index (χ0v) is 23.5. The molecule has 1 heterocycles. The number of hydrogen-bond donors (Lipinski definition) is 1. The molecule has 0 saturated carbocycles. The van der Waals surface area contributed by atoms with Crippen LogP contribution in [-0.4, -0.2) is 39.9 Å². The van der Waals surface area contributed by atoms with Gasteiger partial charge in [0.25, 0.3) is 11.5 Å². The van der Waals surface area contributed by atoms with Crippen molar-refractivity contribution in [1.29, 1.82) is 0 Å². The standard InChI is InChI=1S/C28H26BrN5O6/c1-4-39-24-13-18(12-23(34(37)38)26(24)40-16-25(35)31-20-8-6-5-7-9-20)15-30-33-27(17(2)3)32-22-11-10-19(29)14-21(22)28(33)36/h5-15,17H,4,16H2,1-3H3,(H,31,35). The lowest BCUT2D eigenvalue weighted by molar-refractivity contribution is -0.385. The molecule has 0 atom stereocenters. The Balaban J connectivity index is 1.70. The number of carbonyl (C=O) groups is 1. The highest BCUT2D eigenvalue weighted by Gasteiger charge is 2.24. The number of hydrogen-bond acceptors (Lipinski definition) is 8. The summed E-state index contributed by atoms with van der Waals surface area (Å²) in [5, 5.41) is 19.3. The fourth-order valence-corrected chi connectivity index (χ4v) is 4.22. The molecule has 1 amide bonds. The number of halogens is 1. The number of nitro benzene ring substituents is 1. The quantitative estimate of drug-likeness (QED) is 0.143. The van der Waals surface area contributed by atoms with Gasteiger partial charge in [0.1, 0.15) is 5.82 Å². The van der Waals surface area contributed by atoms with Crippen LogP contribution in [0, 0.1) is 10.1 Å². The lowest BCUT2D eigenvalue weighted by Crippen LogP contribution is -2.23. The SMILES string of the molecule is CCOc1cc(C=Nn2c(C(C)C)nc3ccc(Br)cc3c2=O)cc([N+](=O)[O-])c1OCC(=O)Nc1ccccc1. The number of benzene rings is 3. The molecule has 3 aromatic carbocycles. The monoisotopic (exact) mass is 607 g/mol. The Labute approximate surface area is 237 Å². The Morgan fingerprint density at radius 1 is 1.18 bits per heavy atom. The molecule has 0 spiro atoms. The number of fused-ring (bicyclic) bond motifs is 1. The van der Waals surface area contributed by atoms with Gasteiger partial charge in [-0.25, -0.2) is 4.98 Å². The summed E-state index contributed by atoms with van der Waals surface area (Å²) in [6.07, 6.45) is 1.32. The van der Waals surface area contributed by atoms with E-state index < -0.39 is 23.1 Å². The number of nitrogens with zero attached hydrogens (tertiary/aromatic N) is 4. The fraction of sp³-hybridized carbons (Fsp3) is 0.214. The van der Waals surface area contributed by atoms with E-state index in [-0.39, 0.29) is 35.1 Å². The minimum absolute atomic E-state index is 0.0580. The van der Waals surface area contributed by atoms with Crippen LogP contribution >= 0.6 is 15.9 Å². The van der Waals surface area contributed by atoms with E-state index >= 15 is 0 Å². The molecule has 4 rings (SSSR count). The second-order valence-electron chi connectivity index (χ2n) is 8.91. The molecule has 12 heteroatoms.